The van der Waals surface area contributed by atoms with Gasteiger partial charge in [-0.25, -0.2) is 0 Å². The van der Waals surface area contributed by atoms with Crippen LogP contribution in [0.25, 0.3) is 10.1 Å². The average molecular weight is 218 g/mol. The zero-order chi connectivity index (χ0) is 10.1. The SMILES string of the molecule is c1cc(N[C@H]2CCNC2)c2ccsc2c1. The molecule has 0 unspecified atom stereocenters. The first-order valence-electron chi connectivity index (χ1n) is 5.37. The lowest BCUT2D eigenvalue weighted by Gasteiger charge is -2.13. The molecule has 2 aromatic rings. The zero-order valence-corrected chi connectivity index (χ0v) is 9.31. The minimum Gasteiger partial charge on any atom is -0.380 e. The number of benzene rings is 1. The predicted molar refractivity (Wildman–Crippen MR) is 66.7 cm³/mol. The van der Waals surface area contributed by atoms with Crippen LogP contribution in [0.5, 0.6) is 0 Å². The lowest BCUT2D eigenvalue weighted by molar-refractivity contribution is 0.794. The maximum atomic E-state index is 3.61. The minimum atomic E-state index is 0.593. The smallest absolute Gasteiger partial charge is 0.0431 e. The largest absolute Gasteiger partial charge is 0.380 e. The highest BCUT2D eigenvalue weighted by atomic mass is 32.1. The van der Waals surface area contributed by atoms with Gasteiger partial charge in [-0.1, -0.05) is 6.07 Å². The number of thiophene rings is 1. The van der Waals surface area contributed by atoms with Crippen LogP contribution >= 0.6 is 11.3 Å². The van der Waals surface area contributed by atoms with E-state index in [1.165, 1.54) is 22.2 Å². The summed E-state index contributed by atoms with van der Waals surface area (Å²) in [5.41, 5.74) is 1.28. The lowest BCUT2D eigenvalue weighted by atomic mass is 10.2. The van der Waals surface area contributed by atoms with Crippen molar-refractivity contribution < 1.29 is 0 Å². The van der Waals surface area contributed by atoms with E-state index in [0.717, 1.165) is 13.1 Å². The highest BCUT2D eigenvalue weighted by Crippen LogP contribution is 2.28. The molecule has 0 bridgehead atoms. The summed E-state index contributed by atoms with van der Waals surface area (Å²) in [4.78, 5) is 0. The Balaban J connectivity index is 1.92. The Labute approximate surface area is 93.3 Å². The Morgan fingerprint density at radius 2 is 2.33 bits per heavy atom. The van der Waals surface area contributed by atoms with E-state index in [1.807, 2.05) is 0 Å². The Morgan fingerprint density at radius 1 is 1.33 bits per heavy atom. The molecule has 0 spiro atoms. The molecule has 15 heavy (non-hydrogen) atoms. The summed E-state index contributed by atoms with van der Waals surface area (Å²) in [6, 6.07) is 9.27. The summed E-state index contributed by atoms with van der Waals surface area (Å²) in [6.07, 6.45) is 1.22. The fourth-order valence-electron chi connectivity index (χ4n) is 2.12. The molecule has 2 nitrogen and oxygen atoms in total. The number of hydrogen-bond acceptors (Lipinski definition) is 3. The molecule has 2 N–H and O–H groups in total. The van der Waals surface area contributed by atoms with Crippen LogP contribution in [0.1, 0.15) is 6.42 Å². The van der Waals surface area contributed by atoms with Crippen molar-refractivity contribution in [2.45, 2.75) is 12.5 Å². The van der Waals surface area contributed by atoms with Gasteiger partial charge < -0.3 is 10.6 Å². The average Bonchev–Trinajstić information content (AvgIpc) is 2.87. The van der Waals surface area contributed by atoms with Gasteiger partial charge >= 0.3 is 0 Å². The van der Waals surface area contributed by atoms with Gasteiger partial charge in [0.2, 0.25) is 0 Å². The second kappa shape index (κ2) is 3.83. The van der Waals surface area contributed by atoms with Gasteiger partial charge in [-0.3, -0.25) is 0 Å². The summed E-state index contributed by atoms with van der Waals surface area (Å²) < 4.78 is 1.37. The van der Waals surface area contributed by atoms with E-state index in [1.54, 1.807) is 11.3 Å². The Hall–Kier alpha value is -1.06. The van der Waals surface area contributed by atoms with Crippen molar-refractivity contribution in [1.29, 1.82) is 0 Å². The van der Waals surface area contributed by atoms with E-state index in [9.17, 15) is 0 Å². The van der Waals surface area contributed by atoms with Crippen LogP contribution in [0.4, 0.5) is 5.69 Å². The van der Waals surface area contributed by atoms with Crippen LogP contribution in [-0.2, 0) is 0 Å². The third kappa shape index (κ3) is 1.73. The van der Waals surface area contributed by atoms with E-state index < -0.39 is 0 Å². The number of fused-ring (bicyclic) bond motifs is 1. The van der Waals surface area contributed by atoms with E-state index in [0.29, 0.717) is 6.04 Å². The van der Waals surface area contributed by atoms with Crippen LogP contribution in [0.3, 0.4) is 0 Å². The molecule has 3 heteroatoms. The third-order valence-corrected chi connectivity index (χ3v) is 3.80. The van der Waals surface area contributed by atoms with Gasteiger partial charge in [-0.2, -0.15) is 0 Å². The topological polar surface area (TPSA) is 24.1 Å². The Morgan fingerprint density at radius 3 is 3.20 bits per heavy atom. The first-order valence-corrected chi connectivity index (χ1v) is 6.25. The van der Waals surface area contributed by atoms with Gasteiger partial charge in [0.25, 0.3) is 0 Å². The van der Waals surface area contributed by atoms with Crippen molar-refractivity contribution >= 4 is 27.1 Å². The maximum Gasteiger partial charge on any atom is 0.0431 e. The maximum absolute atomic E-state index is 3.61. The van der Waals surface area contributed by atoms with E-state index in [-0.39, 0.29) is 0 Å². The van der Waals surface area contributed by atoms with Crippen molar-refractivity contribution in [1.82, 2.24) is 5.32 Å². The summed E-state index contributed by atoms with van der Waals surface area (Å²) in [6.45, 7) is 2.22. The molecule has 3 rings (SSSR count). The molecular formula is C12H14N2S. The molecular weight excluding hydrogens is 204 g/mol. The highest BCUT2D eigenvalue weighted by molar-refractivity contribution is 7.17. The molecule has 1 aromatic carbocycles. The van der Waals surface area contributed by atoms with Crippen molar-refractivity contribution in [2.24, 2.45) is 0 Å². The summed E-state index contributed by atoms with van der Waals surface area (Å²) >= 11 is 1.80. The second-order valence-electron chi connectivity index (χ2n) is 3.97. The van der Waals surface area contributed by atoms with Crippen LogP contribution in [0.2, 0.25) is 0 Å². The van der Waals surface area contributed by atoms with E-state index in [2.05, 4.69) is 40.3 Å². The lowest BCUT2D eigenvalue weighted by Crippen LogP contribution is -2.22. The van der Waals surface area contributed by atoms with Gasteiger partial charge in [-0.05, 0) is 36.5 Å². The molecule has 1 atom stereocenters. The van der Waals surface area contributed by atoms with Gasteiger partial charge in [0.1, 0.15) is 0 Å². The Kier molecular flexibility index (Phi) is 2.35. The molecule has 78 valence electrons. The molecule has 1 aromatic heterocycles. The molecule has 1 fully saturated rings. The molecule has 1 aliphatic rings. The number of nitrogens with one attached hydrogen (secondary N) is 2. The number of anilines is 1. The molecule has 0 saturated carbocycles. The van der Waals surface area contributed by atoms with Crippen LogP contribution in [-0.4, -0.2) is 19.1 Å². The first kappa shape index (κ1) is 9.19. The standard InChI is InChI=1S/C12H14N2S/c1-2-11(14-9-4-6-13-8-9)10-5-7-15-12(10)3-1/h1-3,5,7,9,13-14H,4,6,8H2/t9-/m0/s1. The molecule has 2 heterocycles. The van der Waals surface area contributed by atoms with E-state index >= 15 is 0 Å². The molecule has 0 amide bonds. The van der Waals surface area contributed by atoms with Gasteiger partial charge in [0, 0.05) is 28.4 Å². The van der Waals surface area contributed by atoms with Crippen LogP contribution in [0.15, 0.2) is 29.6 Å². The Bertz CT molecular complexity index is 457. The second-order valence-corrected chi connectivity index (χ2v) is 4.92. The summed E-state index contributed by atoms with van der Waals surface area (Å²) in [5.74, 6) is 0. The number of hydrogen-bond donors (Lipinski definition) is 2. The van der Waals surface area contributed by atoms with Crippen molar-refractivity contribution in [3.63, 3.8) is 0 Å². The zero-order valence-electron chi connectivity index (χ0n) is 8.49. The molecule has 1 saturated heterocycles. The van der Waals surface area contributed by atoms with Crippen LogP contribution < -0.4 is 10.6 Å². The molecule has 0 radical (unpaired) electrons. The monoisotopic (exact) mass is 218 g/mol. The molecule has 0 aliphatic carbocycles. The van der Waals surface area contributed by atoms with Crippen molar-refractivity contribution in [2.75, 3.05) is 18.4 Å². The summed E-state index contributed by atoms with van der Waals surface area (Å²) in [7, 11) is 0. The normalized spacial score (nSPS) is 20.9. The van der Waals surface area contributed by atoms with Gasteiger partial charge in [-0.15, -0.1) is 11.3 Å². The van der Waals surface area contributed by atoms with Crippen LogP contribution in [0, 0.1) is 0 Å². The predicted octanol–water partition coefficient (Wildman–Crippen LogP) is 2.68. The third-order valence-electron chi connectivity index (χ3n) is 2.92. The minimum absolute atomic E-state index is 0.593. The van der Waals surface area contributed by atoms with Gasteiger partial charge in [0.05, 0.1) is 0 Å². The van der Waals surface area contributed by atoms with Gasteiger partial charge in [0.15, 0.2) is 0 Å². The fourth-order valence-corrected chi connectivity index (χ4v) is 2.93. The highest BCUT2D eigenvalue weighted by Gasteiger charge is 2.14. The van der Waals surface area contributed by atoms with E-state index in [4.69, 9.17) is 0 Å². The quantitative estimate of drug-likeness (QED) is 0.810. The number of rotatable bonds is 2. The van der Waals surface area contributed by atoms with Crippen molar-refractivity contribution in [3.8, 4) is 0 Å². The first-order chi connectivity index (χ1) is 7.43. The van der Waals surface area contributed by atoms with Crippen molar-refractivity contribution in [3.05, 3.63) is 29.6 Å². The molecule has 1 aliphatic heterocycles. The summed E-state index contributed by atoms with van der Waals surface area (Å²) in [5, 5.41) is 10.5. The fraction of sp³-hybridized carbons (Fsp3) is 0.333.